The van der Waals surface area contributed by atoms with E-state index in [0.717, 1.165) is 26.5 Å². The highest BCUT2D eigenvalue weighted by Crippen LogP contribution is 2.39. The molecular formula is C89H127IN18O27. The number of carbonyl (C=O) groups excluding carboxylic acids is 12. The van der Waals surface area contributed by atoms with Crippen LogP contribution < -0.4 is 42.5 Å². The number of phenolic OH excluding ortho intramolecular Hbond substituents is 2. The van der Waals surface area contributed by atoms with E-state index in [4.69, 9.17) is 24.0 Å². The number of aromatic hydroxyl groups is 2. The van der Waals surface area contributed by atoms with Crippen LogP contribution in [0.4, 0.5) is 0 Å². The Bertz CT molecular complexity index is 4830. The van der Waals surface area contributed by atoms with Crippen LogP contribution in [0.5, 0.6) is 11.5 Å². The van der Waals surface area contributed by atoms with Gasteiger partial charge in [0.05, 0.1) is 50.7 Å². The minimum atomic E-state index is -1.74. The van der Waals surface area contributed by atoms with Crippen molar-refractivity contribution in [2.75, 3.05) is 139 Å². The predicted molar refractivity (Wildman–Crippen MR) is 492 cm³/mol. The van der Waals surface area contributed by atoms with E-state index in [1.54, 1.807) is 65.2 Å². The predicted octanol–water partition coefficient (Wildman–Crippen LogP) is 1.95. The molecule has 0 aliphatic carbocycles. The van der Waals surface area contributed by atoms with Gasteiger partial charge in [-0.3, -0.25) is 101 Å². The third-order valence-corrected chi connectivity index (χ3v) is 23.1. The summed E-state index contributed by atoms with van der Waals surface area (Å²) in [6.07, 6.45) is 2.15. The fourth-order valence-electron chi connectivity index (χ4n) is 15.0. The van der Waals surface area contributed by atoms with Gasteiger partial charge in [-0.05, 0) is 200 Å². The average molecular weight is 2010 g/mol. The maximum atomic E-state index is 14.0. The largest absolute Gasteiger partial charge is 0.508 e. The number of amides is 9. The molecule has 0 spiro atoms. The minimum absolute atomic E-state index is 0.00479. The number of hydrogen-bond acceptors (Lipinski definition) is 30. The van der Waals surface area contributed by atoms with Gasteiger partial charge in [0.1, 0.15) is 48.3 Å². The van der Waals surface area contributed by atoms with Crippen molar-refractivity contribution in [3.8, 4) is 28.6 Å². The van der Waals surface area contributed by atoms with E-state index in [1.165, 1.54) is 11.0 Å². The van der Waals surface area contributed by atoms with E-state index in [9.17, 15) is 107 Å². The molecule has 4 heterocycles. The van der Waals surface area contributed by atoms with Crippen LogP contribution in [0.1, 0.15) is 165 Å². The molecule has 3 aromatic carbocycles. The van der Waals surface area contributed by atoms with Crippen LogP contribution in [-0.4, -0.2) is 344 Å². The first-order valence-electron chi connectivity index (χ1n) is 45.1. The summed E-state index contributed by atoms with van der Waals surface area (Å²) in [6, 6.07) is 11.2. The zero-order valence-corrected chi connectivity index (χ0v) is 79.3. The summed E-state index contributed by atoms with van der Waals surface area (Å²) in [5, 5.41) is 90.9. The van der Waals surface area contributed by atoms with Crippen LogP contribution in [0.3, 0.4) is 0 Å². The van der Waals surface area contributed by atoms with Crippen molar-refractivity contribution in [3.63, 3.8) is 0 Å². The number of carbonyl (C=O) groups is 16. The van der Waals surface area contributed by atoms with E-state index in [-0.39, 0.29) is 169 Å². The van der Waals surface area contributed by atoms with Gasteiger partial charge in [-0.2, -0.15) is 0 Å². The molecule has 2 saturated heterocycles. The summed E-state index contributed by atoms with van der Waals surface area (Å²) >= 11 is 2.19. The Morgan fingerprint density at radius 2 is 1.19 bits per heavy atom. The number of likely N-dealkylation sites (N-methyl/N-ethyl adjacent to an activating group) is 4. The van der Waals surface area contributed by atoms with Gasteiger partial charge >= 0.3 is 41.8 Å². The number of halogens is 1. The standard InChI is InChI=1S/C89H127IN18O27/c1-8-91-88(128)83-100-99-82(63-50-62(56(3)4)70(109)51-71(63)110)107(83)61-20-24-68-59(49-61)34-41-105(68)38-31-58-32-39-106(40-33-58)75(114)30-36-93-85(125)65(21-27-76(115)116)97-87(127)67(23-29-78(119)120)98-86(126)66(22-28-77(117)118)96-74(113)55-132-48-47-131-46-37-94-84(124)64(95-73(112)15-12-13-57-16-18-60(90)19-17-57)14-10-11-35-92-72(111)26-25-69(89(129)130)104(9-2)45-44-103(7)54-81(123)135-108-133-79(121)52-101(5)42-43-102(6)53-80(122)134-108/h16-20,24,34,41,49-51,56,58,64-67,69,109-110H,8-15,21-23,25-33,35-40,42-48,52-55H2,1-7H3,(H,91,128)(H,92,111)(H,93,125)(H,94,124)(H,95,112)(H,96,113)(H,97,127)(H,98,126)(H,115,116)(H,117,118)(H,119,120)(H,129,130)/t64-,65+,66+,67+,69+/m0/s1. The molecule has 2 fully saturated rings. The van der Waals surface area contributed by atoms with Gasteiger partial charge in [0.25, 0.3) is 5.91 Å². The maximum absolute atomic E-state index is 14.0. The zero-order chi connectivity index (χ0) is 98.8. The molecule has 45 nitrogen and oxygen atoms in total. The number of aryl methyl sites for hydroxylation is 2. The Morgan fingerprint density at radius 1 is 0.593 bits per heavy atom. The molecule has 2 aliphatic heterocycles. The van der Waals surface area contributed by atoms with Crippen molar-refractivity contribution < 1.29 is 131 Å². The number of aromatic nitrogens is 4. The fourth-order valence-corrected chi connectivity index (χ4v) is 15.3. The summed E-state index contributed by atoms with van der Waals surface area (Å²) in [5.41, 5.74) is 3.33. The lowest BCUT2D eigenvalue weighted by atomic mass is 9.93. The number of nitrogens with zero attached hydrogens (tertiary/aromatic N) is 10. The Kier molecular flexibility index (Phi) is 46.4. The van der Waals surface area contributed by atoms with Gasteiger partial charge in [-0.1, -0.05) is 32.9 Å². The number of aliphatic carboxylic acids is 4. The lowest BCUT2D eigenvalue weighted by molar-refractivity contribution is -0.464. The SMILES string of the molecule is CCNC(=O)c1nnc(-c2cc(C(C)C)c(O)cc2O)n1-c1ccc2c(ccn2CCC2CCN(C(=O)CCNC(=O)[C@@H](CCC(=O)O)NC(=O)[C@@H](CCC(=O)O)NC(=O)[C@@H](CCC(=O)O)NC(=O)COCCOCCNC(=O)[C@H](CCCCNC(=O)CC[C@H](C(=O)O)N(CC)CCN(C)CC(=O)ON3OC(=O)CN(C)CCN(C)CC(=O)O3)NC(=O)CCCc3ccc(I)cc3)CC2)c1. The number of carboxylic acid groups (broad SMARTS) is 4. The number of likely N-dealkylation sites (tertiary alicyclic amines) is 1. The second-order valence-corrected chi connectivity index (χ2v) is 34.6. The van der Waals surface area contributed by atoms with Crippen LogP contribution in [-0.2, 0) is 109 Å². The van der Waals surface area contributed by atoms with Gasteiger partial charge in [-0.15, -0.1) is 10.2 Å². The number of fused-ring (bicyclic) bond motifs is 1. The van der Waals surface area contributed by atoms with Crippen molar-refractivity contribution in [2.45, 2.75) is 186 Å². The first kappa shape index (κ1) is 110. The number of ether oxygens (including phenoxy) is 2. The number of carboxylic acids is 4. The quantitative estimate of drug-likeness (QED) is 0.0195. The van der Waals surface area contributed by atoms with Crippen LogP contribution in [0, 0.1) is 9.49 Å². The molecule has 9 amide bonds. The molecule has 0 saturated carbocycles. The molecule has 135 heavy (non-hydrogen) atoms. The molecule has 0 bridgehead atoms. The lowest BCUT2D eigenvalue weighted by Gasteiger charge is -2.32. The molecule has 2 aliphatic rings. The molecular weight excluding hydrogens is 1880 g/mol. The Hall–Kier alpha value is -12.1. The van der Waals surface area contributed by atoms with Crippen LogP contribution in [0.15, 0.2) is 66.9 Å². The van der Waals surface area contributed by atoms with E-state index in [2.05, 4.69) is 79.9 Å². The summed E-state index contributed by atoms with van der Waals surface area (Å²) in [4.78, 5) is 231. The highest BCUT2D eigenvalue weighted by Gasteiger charge is 2.35. The van der Waals surface area contributed by atoms with E-state index < -0.39 is 158 Å². The minimum Gasteiger partial charge on any atom is -0.508 e. The number of benzene rings is 3. The Balaban J connectivity index is 0.825. The fraction of sp³-hybridized carbons (Fsp3) is 0.573. The van der Waals surface area contributed by atoms with Gasteiger partial charge < -0.3 is 92.1 Å². The van der Waals surface area contributed by atoms with Crippen molar-refractivity contribution in [3.05, 3.63) is 87.4 Å². The van der Waals surface area contributed by atoms with E-state index >= 15 is 0 Å². The van der Waals surface area contributed by atoms with E-state index in [0.29, 0.717) is 89.0 Å². The number of nitrogens with one attached hydrogen (secondary N) is 8. The van der Waals surface area contributed by atoms with Gasteiger partial charge in [0, 0.05) is 137 Å². The zero-order valence-electron chi connectivity index (χ0n) is 77.2. The van der Waals surface area contributed by atoms with Crippen molar-refractivity contribution in [1.82, 2.24) is 91.8 Å². The summed E-state index contributed by atoms with van der Waals surface area (Å²) in [6.45, 7) is 8.54. The van der Waals surface area contributed by atoms with Crippen LogP contribution >= 0.6 is 22.6 Å². The summed E-state index contributed by atoms with van der Waals surface area (Å²) in [7, 11) is 4.89. The Labute approximate surface area is 794 Å². The molecule has 0 unspecified atom stereocenters. The van der Waals surface area contributed by atoms with Crippen molar-refractivity contribution >= 4 is 128 Å². The monoisotopic (exact) mass is 2010 g/mol. The maximum Gasteiger partial charge on any atom is 0.346 e. The number of phenols is 2. The summed E-state index contributed by atoms with van der Waals surface area (Å²) < 4.78 is 15.8. The molecule has 46 heteroatoms. The molecule has 742 valence electrons. The lowest BCUT2D eigenvalue weighted by Crippen LogP contribution is -2.57. The highest BCUT2D eigenvalue weighted by molar-refractivity contribution is 14.1. The topological polar surface area (TPSA) is 592 Å². The van der Waals surface area contributed by atoms with Crippen LogP contribution in [0.25, 0.3) is 28.0 Å². The Morgan fingerprint density at radius 3 is 1.80 bits per heavy atom. The molecule has 14 N–H and O–H groups in total. The normalized spacial score (nSPS) is 14.8. The number of piperidine rings is 1. The smallest absolute Gasteiger partial charge is 0.346 e. The first-order valence-corrected chi connectivity index (χ1v) is 46.2. The first-order chi connectivity index (χ1) is 64.4. The third kappa shape index (κ3) is 38.3. The summed E-state index contributed by atoms with van der Waals surface area (Å²) in [5.74, 6) is -14.2. The van der Waals surface area contributed by atoms with Crippen molar-refractivity contribution in [1.29, 1.82) is 0 Å². The molecule has 5 atom stereocenters. The highest BCUT2D eigenvalue weighted by atomic mass is 127. The second kappa shape index (κ2) is 56.9. The molecule has 7 rings (SSSR count). The average Bonchev–Trinajstić information content (AvgIpc) is 1.63. The van der Waals surface area contributed by atoms with E-state index in [1.807, 2.05) is 68.6 Å². The van der Waals surface area contributed by atoms with Crippen molar-refractivity contribution in [2.24, 2.45) is 5.92 Å². The van der Waals surface area contributed by atoms with Gasteiger partial charge in [0.15, 0.2) is 5.82 Å². The number of hydrogen-bond donors (Lipinski definition) is 14. The van der Waals surface area contributed by atoms with Crippen LogP contribution in [0.2, 0.25) is 0 Å². The number of unbranched alkanes of at least 4 members (excludes halogenated alkanes) is 1. The molecule has 5 aromatic rings. The molecule has 2 aromatic heterocycles. The molecule has 0 radical (unpaired) electrons. The number of rotatable bonds is 57. The third-order valence-electron chi connectivity index (χ3n) is 22.4. The van der Waals surface area contributed by atoms with Gasteiger partial charge in [0.2, 0.25) is 58.5 Å². The van der Waals surface area contributed by atoms with Gasteiger partial charge in [-0.25, -0.2) is 14.4 Å². The second-order valence-electron chi connectivity index (χ2n) is 33.3.